The Morgan fingerprint density at radius 2 is 1.65 bits per heavy atom. The summed E-state index contributed by atoms with van der Waals surface area (Å²) in [5.74, 6) is 0.811. The van der Waals surface area contributed by atoms with E-state index in [0.717, 1.165) is 48.8 Å². The van der Waals surface area contributed by atoms with Gasteiger partial charge < -0.3 is 15.0 Å². The molecule has 2 aliphatic heterocycles. The average Bonchev–Trinajstić information content (AvgIpc) is 2.84. The van der Waals surface area contributed by atoms with Crippen molar-refractivity contribution in [3.05, 3.63) is 47.3 Å². The molecule has 2 aliphatic rings. The van der Waals surface area contributed by atoms with Crippen LogP contribution in [0.4, 0.5) is 5.95 Å². The third kappa shape index (κ3) is 5.92. The molecular formula is C24H33N5O4S. The first-order valence-corrected chi connectivity index (χ1v) is 13.3. The molecule has 184 valence electrons. The van der Waals surface area contributed by atoms with Crippen LogP contribution in [0.15, 0.2) is 35.2 Å². The number of hydrogen-bond donors (Lipinski definition) is 1. The number of nitrogens with one attached hydrogen (secondary N) is 1. The van der Waals surface area contributed by atoms with E-state index in [1.165, 1.54) is 4.31 Å². The summed E-state index contributed by atoms with van der Waals surface area (Å²) in [4.78, 5) is 24.1. The Labute approximate surface area is 201 Å². The topological polar surface area (TPSA) is 105 Å². The molecule has 0 saturated carbocycles. The SMILES string of the molecule is Cc1cc(C)nc(N2CCC(C(=O)NCCc3ccc(S(=O)(=O)N4CCOCC4)cc3)CC2)n1. The minimum Gasteiger partial charge on any atom is -0.379 e. The van der Waals surface area contributed by atoms with Crippen molar-refractivity contribution in [2.24, 2.45) is 5.92 Å². The Bertz CT molecular complexity index is 1070. The molecule has 0 radical (unpaired) electrons. The fourth-order valence-electron chi connectivity index (χ4n) is 4.43. The highest BCUT2D eigenvalue weighted by Gasteiger charge is 2.27. The van der Waals surface area contributed by atoms with Crippen LogP contribution in [0.1, 0.15) is 29.8 Å². The number of ether oxygens (including phenoxy) is 1. The lowest BCUT2D eigenvalue weighted by atomic mass is 9.96. The summed E-state index contributed by atoms with van der Waals surface area (Å²) in [7, 11) is -3.49. The van der Waals surface area contributed by atoms with E-state index in [0.29, 0.717) is 44.2 Å². The van der Waals surface area contributed by atoms with Gasteiger partial charge in [0.25, 0.3) is 0 Å². The Kier molecular flexibility index (Phi) is 7.80. The summed E-state index contributed by atoms with van der Waals surface area (Å²) in [5.41, 5.74) is 2.89. The maximum Gasteiger partial charge on any atom is 0.243 e. The van der Waals surface area contributed by atoms with Crippen LogP contribution < -0.4 is 10.2 Å². The molecule has 4 rings (SSSR count). The summed E-state index contributed by atoms with van der Waals surface area (Å²) in [5, 5.41) is 3.04. The highest BCUT2D eigenvalue weighted by Crippen LogP contribution is 2.22. The van der Waals surface area contributed by atoms with Gasteiger partial charge in [0.15, 0.2) is 0 Å². The molecule has 0 unspecified atom stereocenters. The second-order valence-electron chi connectivity index (χ2n) is 8.91. The Balaban J connectivity index is 1.23. The van der Waals surface area contributed by atoms with E-state index >= 15 is 0 Å². The molecule has 1 aromatic carbocycles. The zero-order valence-corrected chi connectivity index (χ0v) is 20.7. The Morgan fingerprint density at radius 1 is 1.03 bits per heavy atom. The fraction of sp³-hybridized carbons (Fsp3) is 0.542. The van der Waals surface area contributed by atoms with Crippen molar-refractivity contribution in [1.29, 1.82) is 0 Å². The molecule has 2 aromatic rings. The van der Waals surface area contributed by atoms with E-state index in [-0.39, 0.29) is 11.8 Å². The number of benzene rings is 1. The van der Waals surface area contributed by atoms with Gasteiger partial charge in [-0.3, -0.25) is 4.79 Å². The van der Waals surface area contributed by atoms with Crippen molar-refractivity contribution in [3.63, 3.8) is 0 Å². The second-order valence-corrected chi connectivity index (χ2v) is 10.9. The van der Waals surface area contributed by atoms with Crippen LogP contribution in [0.3, 0.4) is 0 Å². The van der Waals surface area contributed by atoms with Crippen LogP contribution in [-0.4, -0.2) is 74.5 Å². The first kappa shape index (κ1) is 24.6. The van der Waals surface area contributed by atoms with Gasteiger partial charge in [0.1, 0.15) is 0 Å². The van der Waals surface area contributed by atoms with Gasteiger partial charge in [-0.1, -0.05) is 12.1 Å². The zero-order chi connectivity index (χ0) is 24.1. The fourth-order valence-corrected chi connectivity index (χ4v) is 5.84. The molecule has 3 heterocycles. The normalized spacial score (nSPS) is 18.1. The van der Waals surface area contributed by atoms with E-state index in [1.807, 2.05) is 32.0 Å². The van der Waals surface area contributed by atoms with Gasteiger partial charge in [-0.25, -0.2) is 18.4 Å². The number of carbonyl (C=O) groups is 1. The molecule has 2 saturated heterocycles. The van der Waals surface area contributed by atoms with E-state index in [4.69, 9.17) is 4.74 Å². The van der Waals surface area contributed by atoms with Gasteiger partial charge >= 0.3 is 0 Å². The monoisotopic (exact) mass is 487 g/mol. The molecule has 1 amide bonds. The van der Waals surface area contributed by atoms with Gasteiger partial charge in [-0.2, -0.15) is 4.31 Å². The molecule has 10 heteroatoms. The third-order valence-corrected chi connectivity index (χ3v) is 8.28. The van der Waals surface area contributed by atoms with Crippen LogP contribution in [0, 0.1) is 19.8 Å². The van der Waals surface area contributed by atoms with Crippen molar-refractivity contribution in [2.45, 2.75) is 38.0 Å². The zero-order valence-electron chi connectivity index (χ0n) is 19.9. The number of aryl methyl sites for hydroxylation is 2. The van der Waals surface area contributed by atoms with Crippen LogP contribution in [0.25, 0.3) is 0 Å². The van der Waals surface area contributed by atoms with Crippen molar-refractivity contribution >= 4 is 21.9 Å². The number of hydrogen-bond acceptors (Lipinski definition) is 7. The summed E-state index contributed by atoms with van der Waals surface area (Å²) in [6.07, 6.45) is 2.20. The van der Waals surface area contributed by atoms with Gasteiger partial charge in [0, 0.05) is 50.0 Å². The van der Waals surface area contributed by atoms with Crippen LogP contribution in [0.2, 0.25) is 0 Å². The standard InChI is InChI=1S/C24H33N5O4S/c1-18-17-19(2)27-24(26-18)28-11-8-21(9-12-28)23(30)25-10-7-20-3-5-22(6-4-20)34(31,32)29-13-15-33-16-14-29/h3-6,17,21H,7-16H2,1-2H3,(H,25,30). The minimum absolute atomic E-state index is 0.0109. The molecule has 0 atom stereocenters. The maximum absolute atomic E-state index is 12.7. The summed E-state index contributed by atoms with van der Waals surface area (Å²) in [6, 6.07) is 8.89. The average molecular weight is 488 g/mol. The molecule has 0 spiro atoms. The quantitative estimate of drug-likeness (QED) is 0.634. The van der Waals surface area contributed by atoms with Crippen LogP contribution in [0.5, 0.6) is 0 Å². The molecule has 1 aromatic heterocycles. The first-order valence-electron chi connectivity index (χ1n) is 11.8. The van der Waals surface area contributed by atoms with Crippen LogP contribution in [-0.2, 0) is 26.0 Å². The number of morpholine rings is 1. The molecule has 34 heavy (non-hydrogen) atoms. The number of nitrogens with zero attached hydrogens (tertiary/aromatic N) is 4. The number of piperidine rings is 1. The summed E-state index contributed by atoms with van der Waals surface area (Å²) in [6.45, 7) is 7.60. The lowest BCUT2D eigenvalue weighted by Crippen LogP contribution is -2.41. The first-order chi connectivity index (χ1) is 16.3. The maximum atomic E-state index is 12.7. The summed E-state index contributed by atoms with van der Waals surface area (Å²) < 4.78 is 32.2. The Hall–Kier alpha value is -2.56. The van der Waals surface area contributed by atoms with E-state index in [9.17, 15) is 13.2 Å². The van der Waals surface area contributed by atoms with Gasteiger partial charge in [-0.15, -0.1) is 0 Å². The van der Waals surface area contributed by atoms with Crippen molar-refractivity contribution in [3.8, 4) is 0 Å². The van der Waals surface area contributed by atoms with E-state index in [2.05, 4.69) is 20.2 Å². The molecule has 9 nitrogen and oxygen atoms in total. The largest absolute Gasteiger partial charge is 0.379 e. The number of rotatable bonds is 7. The Morgan fingerprint density at radius 3 is 2.26 bits per heavy atom. The van der Waals surface area contributed by atoms with Crippen molar-refractivity contribution in [1.82, 2.24) is 19.6 Å². The van der Waals surface area contributed by atoms with Crippen molar-refractivity contribution < 1.29 is 17.9 Å². The van der Waals surface area contributed by atoms with Gasteiger partial charge in [-0.05, 0) is 56.9 Å². The lowest BCUT2D eigenvalue weighted by molar-refractivity contribution is -0.125. The molecule has 0 aliphatic carbocycles. The summed E-state index contributed by atoms with van der Waals surface area (Å²) >= 11 is 0. The number of aromatic nitrogens is 2. The van der Waals surface area contributed by atoms with Gasteiger partial charge in [0.05, 0.1) is 18.1 Å². The lowest BCUT2D eigenvalue weighted by Gasteiger charge is -2.31. The third-order valence-electron chi connectivity index (χ3n) is 6.36. The number of anilines is 1. The molecule has 0 bridgehead atoms. The number of amides is 1. The molecular weight excluding hydrogens is 454 g/mol. The smallest absolute Gasteiger partial charge is 0.243 e. The van der Waals surface area contributed by atoms with Crippen LogP contribution >= 0.6 is 0 Å². The highest BCUT2D eigenvalue weighted by molar-refractivity contribution is 7.89. The van der Waals surface area contributed by atoms with Crippen molar-refractivity contribution in [2.75, 3.05) is 50.8 Å². The molecule has 2 fully saturated rings. The number of sulfonamides is 1. The van der Waals surface area contributed by atoms with E-state index < -0.39 is 10.0 Å². The molecule has 1 N–H and O–H groups in total. The number of carbonyl (C=O) groups excluding carboxylic acids is 1. The van der Waals surface area contributed by atoms with E-state index in [1.54, 1.807) is 12.1 Å². The second kappa shape index (κ2) is 10.8. The predicted molar refractivity (Wildman–Crippen MR) is 129 cm³/mol. The minimum atomic E-state index is -3.49. The highest BCUT2D eigenvalue weighted by atomic mass is 32.2. The predicted octanol–water partition coefficient (Wildman–Crippen LogP) is 1.69. The van der Waals surface area contributed by atoms with Gasteiger partial charge in [0.2, 0.25) is 21.9 Å².